The molecule has 2 heterocycles. The Morgan fingerprint density at radius 1 is 0.913 bits per heavy atom. The van der Waals surface area contributed by atoms with Crippen molar-refractivity contribution < 1.29 is 29.3 Å². The molecule has 0 saturated heterocycles. The lowest BCUT2D eigenvalue weighted by Crippen LogP contribution is -2.48. The highest BCUT2D eigenvalue weighted by atomic mass is 16.5. The molecule has 0 unspecified atom stereocenters. The van der Waals surface area contributed by atoms with Gasteiger partial charge in [-0.2, -0.15) is 0 Å². The SMILES string of the molecule is COCCn1c(-c2ccccc2C(=O)N2CC=C3C(C)(C)C(c4ccc(C(=O)O)cc4)=CC[C@]3(C)C2)nc2cc(C(=O)O)ccc21. The van der Waals surface area contributed by atoms with E-state index in [0.29, 0.717) is 48.7 Å². The number of aromatic nitrogens is 2. The van der Waals surface area contributed by atoms with E-state index >= 15 is 0 Å². The van der Waals surface area contributed by atoms with E-state index in [1.807, 2.05) is 45.9 Å². The summed E-state index contributed by atoms with van der Waals surface area (Å²) in [6, 6.07) is 19.3. The smallest absolute Gasteiger partial charge is 0.335 e. The van der Waals surface area contributed by atoms with Crippen LogP contribution in [-0.2, 0) is 11.3 Å². The van der Waals surface area contributed by atoms with Crippen molar-refractivity contribution in [3.05, 3.63) is 107 Å². The number of rotatable bonds is 8. The zero-order valence-corrected chi connectivity index (χ0v) is 26.4. The largest absolute Gasteiger partial charge is 0.478 e. The molecule has 9 heteroatoms. The van der Waals surface area contributed by atoms with Crippen molar-refractivity contribution in [1.82, 2.24) is 14.5 Å². The number of fused-ring (bicyclic) bond motifs is 2. The van der Waals surface area contributed by atoms with Crippen LogP contribution in [0.15, 0.2) is 84.5 Å². The fraction of sp³-hybridized carbons (Fsp3) is 0.297. The van der Waals surface area contributed by atoms with E-state index in [-0.39, 0.29) is 27.9 Å². The highest BCUT2D eigenvalue weighted by molar-refractivity contribution is 6.01. The number of hydrogen-bond donors (Lipinski definition) is 2. The predicted molar refractivity (Wildman–Crippen MR) is 176 cm³/mol. The monoisotopic (exact) mass is 619 g/mol. The number of aromatic carboxylic acids is 2. The molecular formula is C37H37N3O6. The summed E-state index contributed by atoms with van der Waals surface area (Å²) in [6.07, 6.45) is 5.16. The van der Waals surface area contributed by atoms with Crippen LogP contribution in [0.4, 0.5) is 0 Å². The van der Waals surface area contributed by atoms with Gasteiger partial charge in [0.05, 0.1) is 34.3 Å². The molecule has 1 aromatic heterocycles. The molecule has 0 radical (unpaired) electrons. The van der Waals surface area contributed by atoms with Crippen LogP contribution < -0.4 is 0 Å². The lowest BCUT2D eigenvalue weighted by molar-refractivity contribution is 0.0678. The second kappa shape index (κ2) is 11.7. The third kappa shape index (κ3) is 5.30. The van der Waals surface area contributed by atoms with Gasteiger partial charge < -0.3 is 24.4 Å². The van der Waals surface area contributed by atoms with Gasteiger partial charge in [0.25, 0.3) is 5.91 Å². The Kier molecular flexibility index (Phi) is 7.90. The van der Waals surface area contributed by atoms with Crippen molar-refractivity contribution in [1.29, 1.82) is 0 Å². The molecule has 2 aliphatic rings. The maximum atomic E-state index is 14.3. The number of hydrogen-bond acceptors (Lipinski definition) is 5. The van der Waals surface area contributed by atoms with Crippen LogP contribution in [0.3, 0.4) is 0 Å². The minimum atomic E-state index is -1.03. The molecule has 0 bridgehead atoms. The number of imidazole rings is 1. The quantitative estimate of drug-likeness (QED) is 0.212. The van der Waals surface area contributed by atoms with Gasteiger partial charge in [-0.15, -0.1) is 0 Å². The van der Waals surface area contributed by atoms with Crippen LogP contribution >= 0.6 is 0 Å². The van der Waals surface area contributed by atoms with Crippen molar-refractivity contribution in [2.75, 3.05) is 26.8 Å². The number of amides is 1. The van der Waals surface area contributed by atoms with Crippen molar-refractivity contribution in [3.63, 3.8) is 0 Å². The highest BCUT2D eigenvalue weighted by Gasteiger charge is 2.46. The number of allylic oxidation sites excluding steroid dienone is 2. The van der Waals surface area contributed by atoms with Gasteiger partial charge in [-0.05, 0) is 54.0 Å². The lowest BCUT2D eigenvalue weighted by atomic mass is 9.58. The molecule has 46 heavy (non-hydrogen) atoms. The van der Waals surface area contributed by atoms with E-state index in [2.05, 4.69) is 32.9 Å². The molecule has 1 amide bonds. The van der Waals surface area contributed by atoms with Crippen LogP contribution in [0.5, 0.6) is 0 Å². The first-order chi connectivity index (χ1) is 21.9. The van der Waals surface area contributed by atoms with Crippen LogP contribution in [0, 0.1) is 10.8 Å². The standard InChI is InChI=1S/C37H37N3O6/c1-36(2)28(23-9-11-24(12-10-23)34(42)43)15-17-37(3)22-39(18-16-31(36)37)33(41)27-8-6-5-7-26(27)32-38-29-21-25(35(44)45)13-14-30(29)40(32)19-20-46-4/h5-16,21H,17-20,22H2,1-4H3,(H,42,43)(H,44,45)/t37-/m1/s1. The second-order valence-corrected chi connectivity index (χ2v) is 12.8. The van der Waals surface area contributed by atoms with E-state index in [9.17, 15) is 24.6 Å². The molecule has 9 nitrogen and oxygen atoms in total. The first kappa shape index (κ1) is 31.0. The highest BCUT2D eigenvalue weighted by Crippen LogP contribution is 2.55. The van der Waals surface area contributed by atoms with Crippen LogP contribution in [0.1, 0.15) is 63.8 Å². The van der Waals surface area contributed by atoms with E-state index < -0.39 is 11.9 Å². The van der Waals surface area contributed by atoms with Gasteiger partial charge in [-0.1, -0.05) is 68.8 Å². The van der Waals surface area contributed by atoms with Gasteiger partial charge in [0, 0.05) is 43.1 Å². The average Bonchev–Trinajstić information content (AvgIpc) is 3.40. The van der Waals surface area contributed by atoms with Gasteiger partial charge in [0.2, 0.25) is 0 Å². The Bertz CT molecular complexity index is 1930. The molecule has 1 atom stereocenters. The van der Waals surface area contributed by atoms with Crippen molar-refractivity contribution in [3.8, 4) is 11.4 Å². The Morgan fingerprint density at radius 2 is 1.61 bits per heavy atom. The lowest BCUT2D eigenvalue weighted by Gasteiger charge is -2.50. The molecule has 0 fully saturated rings. The maximum Gasteiger partial charge on any atom is 0.335 e. The summed E-state index contributed by atoms with van der Waals surface area (Å²) >= 11 is 0. The summed E-state index contributed by atoms with van der Waals surface area (Å²) in [5, 5.41) is 18.9. The van der Waals surface area contributed by atoms with E-state index in [1.54, 1.807) is 37.4 Å². The molecule has 3 aromatic carbocycles. The molecule has 1 aliphatic heterocycles. The molecule has 4 aromatic rings. The van der Waals surface area contributed by atoms with Crippen LogP contribution in [-0.4, -0.2) is 69.3 Å². The maximum absolute atomic E-state index is 14.3. The second-order valence-electron chi connectivity index (χ2n) is 12.8. The van der Waals surface area contributed by atoms with Gasteiger partial charge >= 0.3 is 11.9 Å². The normalized spacial score (nSPS) is 18.9. The number of carboxylic acids is 2. The van der Waals surface area contributed by atoms with Crippen molar-refractivity contribution >= 4 is 34.5 Å². The first-order valence-electron chi connectivity index (χ1n) is 15.3. The third-order valence-electron chi connectivity index (χ3n) is 9.45. The first-order valence-corrected chi connectivity index (χ1v) is 15.3. The average molecular weight is 620 g/mol. The zero-order valence-electron chi connectivity index (χ0n) is 26.4. The van der Waals surface area contributed by atoms with Gasteiger partial charge in [0.1, 0.15) is 5.82 Å². The summed E-state index contributed by atoms with van der Waals surface area (Å²) in [5.41, 5.74) is 5.74. The van der Waals surface area contributed by atoms with Crippen molar-refractivity contribution in [2.24, 2.45) is 10.8 Å². The molecule has 0 spiro atoms. The molecule has 236 valence electrons. The number of benzene rings is 3. The van der Waals surface area contributed by atoms with Crippen LogP contribution in [0.2, 0.25) is 0 Å². The number of nitrogens with zero attached hydrogens (tertiary/aromatic N) is 3. The Balaban J connectivity index is 1.33. The van der Waals surface area contributed by atoms with Gasteiger partial charge in [-0.25, -0.2) is 14.6 Å². The fourth-order valence-electron chi connectivity index (χ4n) is 7.27. The fourth-order valence-corrected chi connectivity index (χ4v) is 7.27. The molecular weight excluding hydrogens is 582 g/mol. The Morgan fingerprint density at radius 3 is 2.30 bits per heavy atom. The Hall–Kier alpha value is -5.02. The third-order valence-corrected chi connectivity index (χ3v) is 9.45. The summed E-state index contributed by atoms with van der Waals surface area (Å²) in [6.45, 7) is 8.49. The minimum Gasteiger partial charge on any atom is -0.478 e. The van der Waals surface area contributed by atoms with Crippen molar-refractivity contribution in [2.45, 2.75) is 33.7 Å². The van der Waals surface area contributed by atoms with E-state index in [1.165, 1.54) is 5.57 Å². The number of carbonyl (C=O) groups is 3. The number of ether oxygens (including phenoxy) is 1. The summed E-state index contributed by atoms with van der Waals surface area (Å²) in [4.78, 5) is 44.1. The van der Waals surface area contributed by atoms with Gasteiger partial charge in [0.15, 0.2) is 0 Å². The Labute approximate surface area is 267 Å². The molecule has 6 rings (SSSR count). The number of carbonyl (C=O) groups excluding carboxylic acids is 1. The molecule has 2 N–H and O–H groups in total. The molecule has 1 aliphatic carbocycles. The molecule has 0 saturated carbocycles. The topological polar surface area (TPSA) is 122 Å². The summed E-state index contributed by atoms with van der Waals surface area (Å²) in [7, 11) is 1.62. The summed E-state index contributed by atoms with van der Waals surface area (Å²) < 4.78 is 7.34. The zero-order chi connectivity index (χ0) is 32.8. The van der Waals surface area contributed by atoms with E-state index in [4.69, 9.17) is 9.72 Å². The predicted octanol–water partition coefficient (Wildman–Crippen LogP) is 6.65. The number of methoxy groups -OCH3 is 1. The van der Waals surface area contributed by atoms with Crippen LogP contribution in [0.25, 0.3) is 28.0 Å². The summed E-state index contributed by atoms with van der Waals surface area (Å²) in [5.74, 6) is -1.49. The van der Waals surface area contributed by atoms with Gasteiger partial charge in [-0.3, -0.25) is 4.79 Å². The minimum absolute atomic E-state index is 0.0967. The number of carboxylic acid groups (broad SMARTS) is 2. The van der Waals surface area contributed by atoms with E-state index in [0.717, 1.165) is 23.1 Å².